The Balaban J connectivity index is 1.67. The van der Waals surface area contributed by atoms with Gasteiger partial charge in [-0.05, 0) is 62.6 Å². The summed E-state index contributed by atoms with van der Waals surface area (Å²) in [7, 11) is -3.45. The lowest BCUT2D eigenvalue weighted by molar-refractivity contribution is -0.136. The number of carboxylic acids is 1. The third-order valence-corrected chi connectivity index (χ3v) is 9.50. The van der Waals surface area contributed by atoms with Gasteiger partial charge in [0.1, 0.15) is 5.75 Å². The van der Waals surface area contributed by atoms with Crippen LogP contribution in [-0.4, -0.2) is 59.5 Å². The molecule has 0 aromatic heterocycles. The number of carboxylic acid groups (broad SMARTS) is 1. The lowest BCUT2D eigenvalue weighted by Gasteiger charge is -2.07. The monoisotopic (exact) mass is 730 g/mol. The van der Waals surface area contributed by atoms with Gasteiger partial charge in [0, 0.05) is 44.0 Å². The van der Waals surface area contributed by atoms with E-state index in [1.54, 1.807) is 0 Å². The van der Waals surface area contributed by atoms with E-state index in [1.165, 1.54) is 122 Å². The number of unbranched alkanes of at least 4 members (excludes halogenated alkanes) is 21. The van der Waals surface area contributed by atoms with E-state index in [0.29, 0.717) is 6.42 Å². The molecule has 0 spiro atoms. The molecule has 2 N–H and O–H groups in total. The smallest absolute Gasteiger partial charge is 0.303 e. The fourth-order valence-electron chi connectivity index (χ4n) is 5.76. The van der Waals surface area contributed by atoms with E-state index in [9.17, 15) is 9.00 Å². The zero-order chi connectivity index (χ0) is 35.5. The quantitative estimate of drug-likeness (QED) is 0.0642. The van der Waals surface area contributed by atoms with Crippen LogP contribution in [0.1, 0.15) is 166 Å². The molecular weight excluding hydrogens is 661 g/mol. The van der Waals surface area contributed by atoms with Gasteiger partial charge in [-0.25, -0.2) is 0 Å². The number of benzene rings is 1. The average molecular weight is 731 g/mol. The molecule has 10 heteroatoms. The number of rotatable bonds is 38. The first-order chi connectivity index (χ1) is 23.9. The van der Waals surface area contributed by atoms with Gasteiger partial charge in [-0.1, -0.05) is 128 Å². The van der Waals surface area contributed by atoms with Crippen LogP contribution in [0.15, 0.2) is 24.3 Å². The second-order valence-corrected chi connectivity index (χ2v) is 15.7. The van der Waals surface area contributed by atoms with Gasteiger partial charge in [-0.15, -0.1) is 0 Å². The van der Waals surface area contributed by atoms with E-state index < -0.39 is 15.0 Å². The Kier molecular flexibility index (Phi) is 31.6. The minimum atomic E-state index is -3.45. The highest BCUT2D eigenvalue weighted by Gasteiger charge is 2.02. The predicted octanol–water partition coefficient (Wildman–Crippen LogP) is 10.6. The Morgan fingerprint density at radius 1 is 0.531 bits per heavy atom. The van der Waals surface area contributed by atoms with Crippen LogP contribution in [0.3, 0.4) is 0 Å². The third-order valence-electron chi connectivity index (χ3n) is 8.75. The standard InChI is InChI=1S/C39H70O8S2/c40-39(41)30-27-37-25-28-38(29-26-37)46-35-23-17-11-5-3-9-15-21-33-44-31-19-13-7-1-2-8-14-20-32-45-34-22-16-10-4-6-12-18-24-36-47-49(42,43)48/h25-26,28-29H,1-24,27,30-36H2,(H,40,41)(H,42,43,48). The lowest BCUT2D eigenvalue weighted by Crippen LogP contribution is -2.03. The van der Waals surface area contributed by atoms with E-state index >= 15 is 0 Å². The van der Waals surface area contributed by atoms with Gasteiger partial charge in [-0.3, -0.25) is 13.5 Å². The average Bonchev–Trinajstić information content (AvgIpc) is 3.07. The number of ether oxygens (including phenoxy) is 3. The molecule has 1 aromatic carbocycles. The number of carbonyl (C=O) groups is 1. The summed E-state index contributed by atoms with van der Waals surface area (Å²) in [5.74, 6) is 0.101. The fourth-order valence-corrected chi connectivity index (χ4v) is 6.30. The molecule has 0 aliphatic heterocycles. The molecule has 0 saturated carbocycles. The molecule has 0 aliphatic rings. The molecule has 286 valence electrons. The van der Waals surface area contributed by atoms with Crippen molar-refractivity contribution in [2.75, 3.05) is 39.6 Å². The first-order valence-corrected chi connectivity index (χ1v) is 21.9. The summed E-state index contributed by atoms with van der Waals surface area (Å²) in [5.41, 5.74) is 1.03. The van der Waals surface area contributed by atoms with E-state index in [0.717, 1.165) is 76.5 Å². The van der Waals surface area contributed by atoms with Crippen LogP contribution >= 0.6 is 0 Å². The molecule has 0 amide bonds. The predicted molar refractivity (Wildman–Crippen MR) is 204 cm³/mol. The second-order valence-electron chi connectivity index (χ2n) is 13.3. The van der Waals surface area contributed by atoms with Crippen LogP contribution in [0.5, 0.6) is 5.75 Å². The van der Waals surface area contributed by atoms with E-state index in [1.807, 2.05) is 24.3 Å². The van der Waals surface area contributed by atoms with Gasteiger partial charge in [-0.2, -0.15) is 4.21 Å². The summed E-state index contributed by atoms with van der Waals surface area (Å²) < 4.78 is 41.8. The number of hydrogen-bond acceptors (Lipinski definition) is 7. The topological polar surface area (TPSA) is 112 Å². The van der Waals surface area contributed by atoms with Gasteiger partial charge >= 0.3 is 5.97 Å². The maximum absolute atomic E-state index is 10.8. The SMILES string of the molecule is O=C(O)CCc1ccc(OCCCCCCCCCCOCCCCCCCCCCOCCCCCCCCCCOS(=O)(O)=S)cc1. The number of aryl methyl sites for hydroxylation is 1. The summed E-state index contributed by atoms with van der Waals surface area (Å²) in [6, 6.07) is 7.78. The highest BCUT2D eigenvalue weighted by Crippen LogP contribution is 2.15. The lowest BCUT2D eigenvalue weighted by atomic mass is 10.1. The third kappa shape index (κ3) is 34.9. The molecule has 0 heterocycles. The Morgan fingerprint density at radius 3 is 1.20 bits per heavy atom. The molecule has 8 nitrogen and oxygen atoms in total. The maximum Gasteiger partial charge on any atom is 0.303 e. The van der Waals surface area contributed by atoms with Gasteiger partial charge in [0.05, 0.1) is 13.2 Å². The molecule has 0 bridgehead atoms. The maximum atomic E-state index is 10.8. The molecule has 49 heavy (non-hydrogen) atoms. The van der Waals surface area contributed by atoms with Crippen LogP contribution < -0.4 is 4.74 Å². The second kappa shape index (κ2) is 33.8. The van der Waals surface area contributed by atoms with Crippen molar-refractivity contribution in [1.82, 2.24) is 0 Å². The van der Waals surface area contributed by atoms with Crippen LogP contribution in [0.25, 0.3) is 0 Å². The van der Waals surface area contributed by atoms with Crippen molar-refractivity contribution in [1.29, 1.82) is 0 Å². The molecular formula is C39H70O8S2. The van der Waals surface area contributed by atoms with Crippen molar-refractivity contribution in [3.05, 3.63) is 29.8 Å². The molecule has 1 unspecified atom stereocenters. The van der Waals surface area contributed by atoms with E-state index in [2.05, 4.69) is 15.4 Å². The zero-order valence-corrected chi connectivity index (χ0v) is 32.2. The Hall–Kier alpha value is -1.30. The first-order valence-electron chi connectivity index (χ1n) is 19.6. The Labute approximate surface area is 304 Å². The van der Waals surface area contributed by atoms with Crippen molar-refractivity contribution in [2.24, 2.45) is 0 Å². The van der Waals surface area contributed by atoms with Crippen molar-refractivity contribution in [3.8, 4) is 5.75 Å². The minimum Gasteiger partial charge on any atom is -0.494 e. The van der Waals surface area contributed by atoms with Crippen LogP contribution in [-0.2, 0) is 45.1 Å². The van der Waals surface area contributed by atoms with Gasteiger partial charge < -0.3 is 19.3 Å². The fraction of sp³-hybridized carbons (Fsp3) is 0.821. The van der Waals surface area contributed by atoms with Gasteiger partial charge in [0.15, 0.2) is 0 Å². The molecule has 0 fully saturated rings. The molecule has 1 atom stereocenters. The minimum absolute atomic E-state index is 0.164. The number of aliphatic carboxylic acids is 1. The zero-order valence-electron chi connectivity index (χ0n) is 30.6. The first kappa shape index (κ1) is 45.7. The van der Waals surface area contributed by atoms with Gasteiger partial charge in [0.25, 0.3) is 9.05 Å². The Morgan fingerprint density at radius 2 is 0.857 bits per heavy atom. The highest BCUT2D eigenvalue weighted by atomic mass is 32.9. The molecule has 0 radical (unpaired) electrons. The van der Waals surface area contributed by atoms with Gasteiger partial charge in [0.2, 0.25) is 0 Å². The van der Waals surface area contributed by atoms with Crippen LogP contribution in [0.4, 0.5) is 0 Å². The summed E-state index contributed by atoms with van der Waals surface area (Å²) in [6.45, 7) is 4.63. The van der Waals surface area contributed by atoms with Crippen LogP contribution in [0, 0.1) is 0 Å². The summed E-state index contributed by atoms with van der Waals surface area (Å²) in [4.78, 5) is 10.7. The van der Waals surface area contributed by atoms with Crippen molar-refractivity contribution >= 4 is 26.2 Å². The van der Waals surface area contributed by atoms with E-state index in [-0.39, 0.29) is 13.0 Å². The van der Waals surface area contributed by atoms with Crippen molar-refractivity contribution in [3.63, 3.8) is 0 Å². The van der Waals surface area contributed by atoms with Crippen molar-refractivity contribution < 1.29 is 37.1 Å². The normalized spacial score (nSPS) is 12.7. The molecule has 0 aliphatic carbocycles. The molecule has 1 aromatic rings. The van der Waals surface area contributed by atoms with Crippen LogP contribution in [0.2, 0.25) is 0 Å². The largest absolute Gasteiger partial charge is 0.494 e. The summed E-state index contributed by atoms with van der Waals surface area (Å²) in [6.07, 6.45) is 29.9. The number of hydrogen-bond donors (Lipinski definition) is 2. The highest BCUT2D eigenvalue weighted by molar-refractivity contribution is 8.27. The Bertz CT molecular complexity index is 972. The van der Waals surface area contributed by atoms with Crippen molar-refractivity contribution in [2.45, 2.75) is 167 Å². The summed E-state index contributed by atoms with van der Waals surface area (Å²) in [5, 5.41) is 8.77. The van der Waals surface area contributed by atoms with E-state index in [4.69, 9.17) is 23.9 Å². The molecule has 1 rings (SSSR count). The molecule has 0 saturated heterocycles. The summed E-state index contributed by atoms with van der Waals surface area (Å²) >= 11 is 4.29.